The number of piperazine rings is 1. The minimum Gasteiger partial charge on any atom is -0.313 e. The van der Waals surface area contributed by atoms with Gasteiger partial charge in [-0.3, -0.25) is 4.90 Å². The highest BCUT2D eigenvalue weighted by Crippen LogP contribution is 2.36. The van der Waals surface area contributed by atoms with Crippen LogP contribution >= 0.6 is 0 Å². The molecule has 0 aromatic rings. The van der Waals surface area contributed by atoms with Gasteiger partial charge in [-0.1, -0.05) is 13.8 Å². The molecule has 3 nitrogen and oxygen atoms in total. The van der Waals surface area contributed by atoms with Crippen LogP contribution in [0.15, 0.2) is 0 Å². The Morgan fingerprint density at radius 2 is 1.88 bits per heavy atom. The van der Waals surface area contributed by atoms with E-state index in [2.05, 4.69) is 36.0 Å². The Balaban J connectivity index is 1.57. The minimum absolute atomic E-state index is 0.575. The smallest absolute Gasteiger partial charge is 0.0110 e. The first-order valence-corrected chi connectivity index (χ1v) is 7.19. The zero-order chi connectivity index (χ0) is 12.3. The molecule has 1 N–H and O–H groups in total. The van der Waals surface area contributed by atoms with E-state index in [1.165, 1.54) is 58.5 Å². The van der Waals surface area contributed by atoms with Crippen molar-refractivity contribution in [1.29, 1.82) is 0 Å². The average molecular weight is 239 g/mol. The summed E-state index contributed by atoms with van der Waals surface area (Å²) in [5.41, 5.74) is 0.575. The van der Waals surface area contributed by atoms with Crippen molar-refractivity contribution in [2.24, 2.45) is 5.41 Å². The molecule has 0 bridgehead atoms. The van der Waals surface area contributed by atoms with Crippen molar-refractivity contribution in [3.05, 3.63) is 0 Å². The Kier molecular flexibility index (Phi) is 4.45. The van der Waals surface area contributed by atoms with Crippen molar-refractivity contribution in [3.8, 4) is 0 Å². The van der Waals surface area contributed by atoms with Gasteiger partial charge in [0.25, 0.3) is 0 Å². The second-order valence-electron chi connectivity index (χ2n) is 6.70. The zero-order valence-electron chi connectivity index (χ0n) is 11.8. The predicted molar refractivity (Wildman–Crippen MR) is 73.4 cm³/mol. The van der Waals surface area contributed by atoms with E-state index in [9.17, 15) is 0 Å². The summed E-state index contributed by atoms with van der Waals surface area (Å²) in [4.78, 5) is 5.01. The van der Waals surface area contributed by atoms with Gasteiger partial charge in [0.2, 0.25) is 0 Å². The third-order valence-electron chi connectivity index (χ3n) is 4.43. The first-order valence-electron chi connectivity index (χ1n) is 7.19. The summed E-state index contributed by atoms with van der Waals surface area (Å²) in [6.07, 6.45) is 4.12. The van der Waals surface area contributed by atoms with E-state index in [1.54, 1.807) is 0 Å². The molecule has 1 aliphatic carbocycles. The van der Waals surface area contributed by atoms with E-state index >= 15 is 0 Å². The fourth-order valence-corrected chi connectivity index (χ4v) is 3.11. The Bertz CT molecular complexity index is 232. The molecule has 0 amide bonds. The normalized spacial score (nSPS) is 30.9. The van der Waals surface area contributed by atoms with Crippen LogP contribution in [-0.4, -0.2) is 62.2 Å². The molecule has 0 spiro atoms. The molecule has 0 radical (unpaired) electrons. The Morgan fingerprint density at radius 3 is 2.47 bits per heavy atom. The highest BCUT2D eigenvalue weighted by Gasteiger charge is 2.30. The molecule has 17 heavy (non-hydrogen) atoms. The summed E-state index contributed by atoms with van der Waals surface area (Å²) in [6.45, 7) is 12.1. The first kappa shape index (κ1) is 13.3. The molecular formula is C14H29N3. The van der Waals surface area contributed by atoms with Gasteiger partial charge >= 0.3 is 0 Å². The van der Waals surface area contributed by atoms with Gasteiger partial charge in [-0.15, -0.1) is 0 Å². The van der Waals surface area contributed by atoms with Crippen molar-refractivity contribution in [1.82, 2.24) is 15.1 Å². The van der Waals surface area contributed by atoms with E-state index in [-0.39, 0.29) is 0 Å². The van der Waals surface area contributed by atoms with Crippen LogP contribution in [0.3, 0.4) is 0 Å². The van der Waals surface area contributed by atoms with Gasteiger partial charge in [-0.2, -0.15) is 0 Å². The van der Waals surface area contributed by atoms with E-state index < -0.39 is 0 Å². The SMILES string of the molecule is CN1CCN(CCNC2CCC(C)(C)C2)CC1. The quantitative estimate of drug-likeness (QED) is 0.800. The number of nitrogens with zero attached hydrogens (tertiary/aromatic N) is 2. The maximum atomic E-state index is 3.74. The highest BCUT2D eigenvalue weighted by atomic mass is 15.2. The van der Waals surface area contributed by atoms with Crippen LogP contribution in [0, 0.1) is 5.41 Å². The van der Waals surface area contributed by atoms with Crippen molar-refractivity contribution >= 4 is 0 Å². The topological polar surface area (TPSA) is 18.5 Å². The second kappa shape index (κ2) is 5.68. The lowest BCUT2D eigenvalue weighted by Crippen LogP contribution is -2.47. The van der Waals surface area contributed by atoms with Crippen molar-refractivity contribution in [2.45, 2.75) is 39.2 Å². The number of rotatable bonds is 4. The highest BCUT2D eigenvalue weighted by molar-refractivity contribution is 4.86. The van der Waals surface area contributed by atoms with Gasteiger partial charge in [0.1, 0.15) is 0 Å². The summed E-state index contributed by atoms with van der Waals surface area (Å²) in [5.74, 6) is 0. The van der Waals surface area contributed by atoms with Gasteiger partial charge in [-0.05, 0) is 31.7 Å². The summed E-state index contributed by atoms with van der Waals surface area (Å²) in [6, 6.07) is 0.775. The van der Waals surface area contributed by atoms with E-state index in [4.69, 9.17) is 0 Å². The molecule has 2 aliphatic rings. The lowest BCUT2D eigenvalue weighted by atomic mass is 9.92. The number of nitrogens with one attached hydrogen (secondary N) is 1. The molecule has 0 aromatic heterocycles. The van der Waals surface area contributed by atoms with Crippen molar-refractivity contribution in [3.63, 3.8) is 0 Å². The lowest BCUT2D eigenvalue weighted by molar-refractivity contribution is 0.153. The van der Waals surface area contributed by atoms with Gasteiger partial charge in [0.15, 0.2) is 0 Å². The fourth-order valence-electron chi connectivity index (χ4n) is 3.11. The minimum atomic E-state index is 0.575. The molecule has 1 atom stereocenters. The molecule has 1 aliphatic heterocycles. The molecule has 3 heteroatoms. The maximum absolute atomic E-state index is 3.74. The number of hydrogen-bond donors (Lipinski definition) is 1. The molecule has 100 valence electrons. The lowest BCUT2D eigenvalue weighted by Gasteiger charge is -2.32. The molecule has 2 rings (SSSR count). The Morgan fingerprint density at radius 1 is 1.18 bits per heavy atom. The van der Waals surface area contributed by atoms with Gasteiger partial charge < -0.3 is 10.2 Å². The molecule has 1 heterocycles. The summed E-state index contributed by atoms with van der Waals surface area (Å²) < 4.78 is 0. The maximum Gasteiger partial charge on any atom is 0.0110 e. The average Bonchev–Trinajstić information content (AvgIpc) is 2.61. The van der Waals surface area contributed by atoms with Crippen molar-refractivity contribution < 1.29 is 0 Å². The molecule has 1 saturated heterocycles. The zero-order valence-corrected chi connectivity index (χ0v) is 11.8. The van der Waals surface area contributed by atoms with Crippen LogP contribution in [0.2, 0.25) is 0 Å². The van der Waals surface area contributed by atoms with Gasteiger partial charge in [0.05, 0.1) is 0 Å². The van der Waals surface area contributed by atoms with E-state index in [1.807, 2.05) is 0 Å². The van der Waals surface area contributed by atoms with Crippen LogP contribution in [-0.2, 0) is 0 Å². The monoisotopic (exact) mass is 239 g/mol. The van der Waals surface area contributed by atoms with Gasteiger partial charge in [-0.25, -0.2) is 0 Å². The van der Waals surface area contributed by atoms with Crippen molar-refractivity contribution in [2.75, 3.05) is 46.3 Å². The van der Waals surface area contributed by atoms with Crippen LogP contribution in [0.4, 0.5) is 0 Å². The Hall–Kier alpha value is -0.120. The number of hydrogen-bond acceptors (Lipinski definition) is 3. The van der Waals surface area contributed by atoms with Gasteiger partial charge in [0, 0.05) is 45.3 Å². The van der Waals surface area contributed by atoms with Crippen LogP contribution in [0.25, 0.3) is 0 Å². The molecular weight excluding hydrogens is 210 g/mol. The third kappa shape index (κ3) is 4.23. The van der Waals surface area contributed by atoms with Crippen LogP contribution in [0.1, 0.15) is 33.1 Å². The van der Waals surface area contributed by atoms with Crippen LogP contribution in [0.5, 0.6) is 0 Å². The largest absolute Gasteiger partial charge is 0.313 e. The summed E-state index contributed by atoms with van der Waals surface area (Å²) >= 11 is 0. The van der Waals surface area contributed by atoms with Crippen LogP contribution < -0.4 is 5.32 Å². The molecule has 1 unspecified atom stereocenters. The predicted octanol–water partition coefficient (Wildman–Crippen LogP) is 1.40. The van der Waals surface area contributed by atoms with E-state index in [0.29, 0.717) is 5.41 Å². The molecule has 2 fully saturated rings. The summed E-state index contributed by atoms with van der Waals surface area (Å²) in [5, 5.41) is 3.74. The van der Waals surface area contributed by atoms with E-state index in [0.717, 1.165) is 6.04 Å². The first-order chi connectivity index (χ1) is 8.05. The third-order valence-corrected chi connectivity index (χ3v) is 4.43. The standard InChI is InChI=1S/C14H29N3/c1-14(2)5-4-13(12-14)15-6-7-17-10-8-16(3)9-11-17/h13,15H,4-12H2,1-3H3. The molecule has 1 saturated carbocycles. The molecule has 0 aromatic carbocycles. The Labute approximate surface area is 107 Å². The fraction of sp³-hybridized carbons (Fsp3) is 1.00. The second-order valence-corrected chi connectivity index (χ2v) is 6.70. The summed E-state index contributed by atoms with van der Waals surface area (Å²) in [7, 11) is 2.22. The number of likely N-dealkylation sites (N-methyl/N-ethyl adjacent to an activating group) is 1.